The summed E-state index contributed by atoms with van der Waals surface area (Å²) in [6.45, 7) is 2.78. The number of ether oxygens (including phenoxy) is 2. The molecule has 2 aromatic carbocycles. The third-order valence-corrected chi connectivity index (χ3v) is 4.25. The van der Waals surface area contributed by atoms with E-state index in [9.17, 15) is 0 Å². The highest BCUT2D eigenvalue weighted by molar-refractivity contribution is 5.97. The van der Waals surface area contributed by atoms with Crippen molar-refractivity contribution in [3.63, 3.8) is 0 Å². The molecule has 2 heterocycles. The number of hydrogen-bond acceptors (Lipinski definition) is 6. The first kappa shape index (κ1) is 14.6. The van der Waals surface area contributed by atoms with E-state index >= 15 is 0 Å². The SMILES string of the molecule is CC1CCOc2c1c(Oc1ccccc1)cc1nc(N)nc(N)c21. The van der Waals surface area contributed by atoms with Crippen molar-refractivity contribution in [2.24, 2.45) is 0 Å². The van der Waals surface area contributed by atoms with Gasteiger partial charge in [-0.15, -0.1) is 0 Å². The topological polar surface area (TPSA) is 96.3 Å². The molecule has 6 nitrogen and oxygen atoms in total. The Kier molecular flexibility index (Phi) is 3.37. The molecule has 0 saturated carbocycles. The number of nitrogen functional groups attached to an aromatic ring is 2. The minimum absolute atomic E-state index is 0.134. The van der Waals surface area contributed by atoms with Crippen LogP contribution in [0.1, 0.15) is 24.8 Å². The summed E-state index contributed by atoms with van der Waals surface area (Å²) in [5, 5.41) is 0.700. The van der Waals surface area contributed by atoms with Crippen LogP contribution in [0.3, 0.4) is 0 Å². The fourth-order valence-corrected chi connectivity index (χ4v) is 3.10. The van der Waals surface area contributed by atoms with Gasteiger partial charge in [0.1, 0.15) is 23.1 Å². The molecule has 0 aliphatic carbocycles. The van der Waals surface area contributed by atoms with Crippen molar-refractivity contribution in [2.75, 3.05) is 18.1 Å². The second kappa shape index (κ2) is 5.56. The summed E-state index contributed by atoms with van der Waals surface area (Å²) in [6.07, 6.45) is 0.916. The fraction of sp³-hybridized carbons (Fsp3) is 0.222. The van der Waals surface area contributed by atoms with Crippen LogP contribution in [-0.4, -0.2) is 16.6 Å². The largest absolute Gasteiger partial charge is 0.492 e. The van der Waals surface area contributed by atoms with Gasteiger partial charge in [0.05, 0.1) is 17.5 Å². The highest BCUT2D eigenvalue weighted by Gasteiger charge is 2.27. The monoisotopic (exact) mass is 322 g/mol. The van der Waals surface area contributed by atoms with Crippen LogP contribution in [-0.2, 0) is 0 Å². The zero-order valence-corrected chi connectivity index (χ0v) is 13.3. The Morgan fingerprint density at radius 2 is 1.96 bits per heavy atom. The van der Waals surface area contributed by atoms with Crippen LogP contribution in [0.15, 0.2) is 36.4 Å². The molecular formula is C18H18N4O2. The van der Waals surface area contributed by atoms with Gasteiger partial charge in [-0.3, -0.25) is 0 Å². The number of nitrogens with two attached hydrogens (primary N) is 2. The smallest absolute Gasteiger partial charge is 0.222 e. The molecule has 3 aromatic rings. The molecule has 122 valence electrons. The van der Waals surface area contributed by atoms with Crippen LogP contribution in [0.4, 0.5) is 11.8 Å². The van der Waals surface area contributed by atoms with Gasteiger partial charge in [0.25, 0.3) is 0 Å². The molecule has 1 unspecified atom stereocenters. The maximum atomic E-state index is 6.11. The Hall–Kier alpha value is -3.02. The van der Waals surface area contributed by atoms with Crippen molar-refractivity contribution in [3.8, 4) is 17.2 Å². The van der Waals surface area contributed by atoms with Gasteiger partial charge < -0.3 is 20.9 Å². The molecule has 6 heteroatoms. The lowest BCUT2D eigenvalue weighted by atomic mass is 9.92. The molecule has 0 radical (unpaired) electrons. The first-order valence-corrected chi connectivity index (χ1v) is 7.89. The molecule has 1 aliphatic heterocycles. The number of anilines is 2. The Morgan fingerprint density at radius 3 is 2.75 bits per heavy atom. The minimum Gasteiger partial charge on any atom is -0.492 e. The van der Waals surface area contributed by atoms with E-state index in [1.165, 1.54) is 0 Å². The van der Waals surface area contributed by atoms with Crippen molar-refractivity contribution >= 4 is 22.7 Å². The summed E-state index contributed by atoms with van der Waals surface area (Å²) in [7, 11) is 0. The van der Waals surface area contributed by atoms with Gasteiger partial charge in [-0.05, 0) is 24.5 Å². The molecular weight excluding hydrogens is 304 g/mol. The Morgan fingerprint density at radius 1 is 1.17 bits per heavy atom. The number of fused-ring (bicyclic) bond motifs is 3. The van der Waals surface area contributed by atoms with Gasteiger partial charge in [-0.1, -0.05) is 25.1 Å². The second-order valence-corrected chi connectivity index (χ2v) is 5.93. The first-order valence-electron chi connectivity index (χ1n) is 7.89. The molecule has 4 rings (SSSR count). The number of aromatic nitrogens is 2. The molecule has 0 fully saturated rings. The van der Waals surface area contributed by atoms with E-state index in [-0.39, 0.29) is 11.9 Å². The van der Waals surface area contributed by atoms with Crippen molar-refractivity contribution in [3.05, 3.63) is 42.0 Å². The van der Waals surface area contributed by atoms with E-state index in [1.54, 1.807) is 0 Å². The number of benzene rings is 2. The highest BCUT2D eigenvalue weighted by atomic mass is 16.5. The predicted octanol–water partition coefficient (Wildman–Crippen LogP) is 3.47. The third kappa shape index (κ3) is 2.36. The van der Waals surface area contributed by atoms with Gasteiger partial charge in [0.15, 0.2) is 0 Å². The number of nitrogens with zero attached hydrogens (tertiary/aromatic N) is 2. The maximum Gasteiger partial charge on any atom is 0.222 e. The average Bonchev–Trinajstić information content (AvgIpc) is 2.55. The number of rotatable bonds is 2. The van der Waals surface area contributed by atoms with Crippen LogP contribution in [0.2, 0.25) is 0 Å². The third-order valence-electron chi connectivity index (χ3n) is 4.25. The predicted molar refractivity (Wildman–Crippen MR) is 93.4 cm³/mol. The summed E-state index contributed by atoms with van der Waals surface area (Å²) in [4.78, 5) is 8.37. The van der Waals surface area contributed by atoms with Crippen LogP contribution < -0.4 is 20.9 Å². The number of hydrogen-bond donors (Lipinski definition) is 2. The zero-order valence-electron chi connectivity index (χ0n) is 13.3. The maximum absolute atomic E-state index is 6.11. The number of para-hydroxylation sites is 1. The molecule has 0 bridgehead atoms. The Labute approximate surface area is 139 Å². The summed E-state index contributed by atoms with van der Waals surface area (Å²) in [5.41, 5.74) is 13.4. The molecule has 4 N–H and O–H groups in total. The molecule has 0 spiro atoms. The van der Waals surface area contributed by atoms with Crippen molar-refractivity contribution in [2.45, 2.75) is 19.3 Å². The molecule has 1 aliphatic rings. The van der Waals surface area contributed by atoms with Gasteiger partial charge in [-0.2, -0.15) is 4.98 Å². The van der Waals surface area contributed by atoms with E-state index in [4.69, 9.17) is 20.9 Å². The van der Waals surface area contributed by atoms with Crippen LogP contribution in [0, 0.1) is 0 Å². The standard InChI is InChI=1S/C18H18N4O2/c1-10-7-8-23-16-14(10)13(24-11-5-3-2-4-6-11)9-12-15(16)17(19)22-18(20)21-12/h2-6,9-10H,7-8H2,1H3,(H4,19,20,21,22). The van der Waals surface area contributed by atoms with Gasteiger partial charge in [0.2, 0.25) is 5.95 Å². The molecule has 24 heavy (non-hydrogen) atoms. The Bertz CT molecular complexity index is 912. The quantitative estimate of drug-likeness (QED) is 0.750. The summed E-state index contributed by atoms with van der Waals surface area (Å²) in [6, 6.07) is 11.5. The van der Waals surface area contributed by atoms with Gasteiger partial charge >= 0.3 is 0 Å². The lowest BCUT2D eigenvalue weighted by molar-refractivity contribution is 0.271. The summed E-state index contributed by atoms with van der Waals surface area (Å²) >= 11 is 0. The van der Waals surface area contributed by atoms with Crippen molar-refractivity contribution < 1.29 is 9.47 Å². The lowest BCUT2D eigenvalue weighted by Gasteiger charge is -2.27. The van der Waals surface area contributed by atoms with E-state index in [1.807, 2.05) is 36.4 Å². The fourth-order valence-electron chi connectivity index (χ4n) is 3.10. The summed E-state index contributed by atoms with van der Waals surface area (Å²) in [5.74, 6) is 2.92. The van der Waals surface area contributed by atoms with Gasteiger partial charge in [-0.25, -0.2) is 4.98 Å². The zero-order chi connectivity index (χ0) is 16.7. The molecule has 0 amide bonds. The second-order valence-electron chi connectivity index (χ2n) is 5.93. The highest BCUT2D eigenvalue weighted by Crippen LogP contribution is 2.47. The van der Waals surface area contributed by atoms with Crippen molar-refractivity contribution in [1.82, 2.24) is 9.97 Å². The van der Waals surface area contributed by atoms with Gasteiger partial charge in [0, 0.05) is 11.6 Å². The molecule has 1 aromatic heterocycles. The lowest BCUT2D eigenvalue weighted by Crippen LogP contribution is -2.15. The van der Waals surface area contributed by atoms with Crippen LogP contribution >= 0.6 is 0 Å². The van der Waals surface area contributed by atoms with E-state index in [2.05, 4.69) is 16.9 Å². The van der Waals surface area contributed by atoms with Crippen LogP contribution in [0.25, 0.3) is 10.9 Å². The molecule has 1 atom stereocenters. The Balaban J connectivity index is 1.97. The molecule has 0 saturated heterocycles. The normalized spacial score (nSPS) is 16.5. The van der Waals surface area contributed by atoms with E-state index in [0.29, 0.717) is 34.8 Å². The first-order chi connectivity index (χ1) is 11.6. The van der Waals surface area contributed by atoms with Crippen LogP contribution in [0.5, 0.6) is 17.2 Å². The van der Waals surface area contributed by atoms with E-state index < -0.39 is 0 Å². The summed E-state index contributed by atoms with van der Waals surface area (Å²) < 4.78 is 12.0. The minimum atomic E-state index is 0.134. The van der Waals surface area contributed by atoms with E-state index in [0.717, 1.165) is 17.7 Å². The average molecular weight is 322 g/mol. The van der Waals surface area contributed by atoms with Crippen molar-refractivity contribution in [1.29, 1.82) is 0 Å².